The van der Waals surface area contributed by atoms with E-state index in [0.29, 0.717) is 11.6 Å². The SMILES string of the molecule is CCOc1ccccc1N1CCN(C(=S)Nc2cccc(Cl)c2)CC1. The molecule has 0 saturated carbocycles. The summed E-state index contributed by atoms with van der Waals surface area (Å²) in [4.78, 5) is 4.54. The van der Waals surface area contributed by atoms with E-state index in [-0.39, 0.29) is 0 Å². The molecular weight excluding hydrogens is 354 g/mol. The summed E-state index contributed by atoms with van der Waals surface area (Å²) in [6.07, 6.45) is 0. The zero-order valence-electron chi connectivity index (χ0n) is 14.2. The van der Waals surface area contributed by atoms with Gasteiger partial charge in [0.1, 0.15) is 5.75 Å². The Kier molecular flexibility index (Phi) is 6.00. The van der Waals surface area contributed by atoms with Gasteiger partial charge in [-0.15, -0.1) is 0 Å². The molecule has 0 spiro atoms. The number of nitrogens with zero attached hydrogens (tertiary/aromatic N) is 2. The Bertz CT molecular complexity index is 732. The van der Waals surface area contributed by atoms with Gasteiger partial charge in [0.15, 0.2) is 5.11 Å². The van der Waals surface area contributed by atoms with E-state index in [1.54, 1.807) is 0 Å². The summed E-state index contributed by atoms with van der Waals surface area (Å²) >= 11 is 11.6. The molecule has 1 aliphatic heterocycles. The molecule has 6 heteroatoms. The Balaban J connectivity index is 1.59. The summed E-state index contributed by atoms with van der Waals surface area (Å²) in [5, 5.41) is 4.70. The van der Waals surface area contributed by atoms with Crippen LogP contribution in [0.5, 0.6) is 5.75 Å². The van der Waals surface area contributed by atoms with E-state index in [2.05, 4.69) is 27.2 Å². The van der Waals surface area contributed by atoms with Crippen molar-refractivity contribution in [3.8, 4) is 5.75 Å². The minimum Gasteiger partial charge on any atom is -0.492 e. The van der Waals surface area contributed by atoms with Crippen molar-refractivity contribution in [1.82, 2.24) is 4.90 Å². The van der Waals surface area contributed by atoms with Crippen LogP contribution in [0.4, 0.5) is 11.4 Å². The van der Waals surface area contributed by atoms with Gasteiger partial charge in [0.2, 0.25) is 0 Å². The minimum atomic E-state index is 0.671. The predicted octanol–water partition coefficient (Wildman–Crippen LogP) is 4.26. The van der Waals surface area contributed by atoms with Crippen LogP contribution in [0.15, 0.2) is 48.5 Å². The molecule has 3 rings (SSSR count). The lowest BCUT2D eigenvalue weighted by molar-refractivity contribution is 0.336. The lowest BCUT2D eigenvalue weighted by Gasteiger charge is -2.38. The molecule has 1 aliphatic rings. The second-order valence-corrected chi connectivity index (χ2v) is 6.64. The monoisotopic (exact) mass is 375 g/mol. The van der Waals surface area contributed by atoms with Crippen LogP contribution in [-0.4, -0.2) is 42.8 Å². The topological polar surface area (TPSA) is 27.7 Å². The molecule has 0 aliphatic carbocycles. The van der Waals surface area contributed by atoms with Crippen LogP contribution in [0.1, 0.15) is 6.92 Å². The van der Waals surface area contributed by atoms with Crippen LogP contribution in [0.3, 0.4) is 0 Å². The maximum atomic E-state index is 6.03. The van der Waals surface area contributed by atoms with Crippen molar-refractivity contribution in [1.29, 1.82) is 0 Å². The third-order valence-corrected chi connectivity index (χ3v) is 4.74. The van der Waals surface area contributed by atoms with Crippen molar-refractivity contribution in [2.24, 2.45) is 0 Å². The number of para-hydroxylation sites is 2. The zero-order valence-corrected chi connectivity index (χ0v) is 15.8. The summed E-state index contributed by atoms with van der Waals surface area (Å²) in [5.74, 6) is 0.943. The van der Waals surface area contributed by atoms with Gasteiger partial charge >= 0.3 is 0 Å². The van der Waals surface area contributed by atoms with Gasteiger partial charge in [-0.05, 0) is 49.5 Å². The molecule has 1 saturated heterocycles. The van der Waals surface area contributed by atoms with Crippen LogP contribution >= 0.6 is 23.8 Å². The fraction of sp³-hybridized carbons (Fsp3) is 0.316. The normalized spacial score (nSPS) is 14.3. The van der Waals surface area contributed by atoms with E-state index in [9.17, 15) is 0 Å². The molecule has 0 atom stereocenters. The fourth-order valence-electron chi connectivity index (χ4n) is 2.92. The van der Waals surface area contributed by atoms with Crippen molar-refractivity contribution < 1.29 is 4.74 Å². The second-order valence-electron chi connectivity index (χ2n) is 5.82. The van der Waals surface area contributed by atoms with Gasteiger partial charge in [0.05, 0.1) is 12.3 Å². The quantitative estimate of drug-likeness (QED) is 0.806. The molecule has 0 radical (unpaired) electrons. The molecule has 0 aromatic heterocycles. The van der Waals surface area contributed by atoms with E-state index in [1.165, 1.54) is 0 Å². The summed E-state index contributed by atoms with van der Waals surface area (Å²) in [6.45, 7) is 6.22. The number of piperazine rings is 1. The highest BCUT2D eigenvalue weighted by Gasteiger charge is 2.21. The Hall–Kier alpha value is -1.98. The average Bonchev–Trinajstić information content (AvgIpc) is 2.63. The molecule has 1 N–H and O–H groups in total. The van der Waals surface area contributed by atoms with Crippen LogP contribution in [0.25, 0.3) is 0 Å². The van der Waals surface area contributed by atoms with E-state index < -0.39 is 0 Å². The number of nitrogens with one attached hydrogen (secondary N) is 1. The van der Waals surface area contributed by atoms with Gasteiger partial charge in [0.25, 0.3) is 0 Å². The lowest BCUT2D eigenvalue weighted by Crippen LogP contribution is -2.50. The number of thiocarbonyl (C=S) groups is 1. The zero-order chi connectivity index (χ0) is 17.6. The van der Waals surface area contributed by atoms with Crippen LogP contribution in [0, 0.1) is 0 Å². The van der Waals surface area contributed by atoms with E-state index >= 15 is 0 Å². The molecule has 4 nitrogen and oxygen atoms in total. The molecular formula is C19H22ClN3OS. The summed E-state index contributed by atoms with van der Waals surface area (Å²) in [5.41, 5.74) is 2.07. The van der Waals surface area contributed by atoms with Crippen LogP contribution < -0.4 is 15.0 Å². The van der Waals surface area contributed by atoms with Gasteiger partial charge in [-0.3, -0.25) is 0 Å². The highest BCUT2D eigenvalue weighted by atomic mass is 35.5. The number of anilines is 2. The van der Waals surface area contributed by atoms with Crippen LogP contribution in [-0.2, 0) is 0 Å². The van der Waals surface area contributed by atoms with Gasteiger partial charge in [-0.2, -0.15) is 0 Å². The van der Waals surface area contributed by atoms with Crippen molar-refractivity contribution in [2.75, 3.05) is 43.0 Å². The summed E-state index contributed by atoms with van der Waals surface area (Å²) in [7, 11) is 0. The standard InChI is InChI=1S/C19H22ClN3OS/c1-2-24-18-9-4-3-8-17(18)22-10-12-23(13-11-22)19(25)21-16-7-5-6-15(20)14-16/h3-9,14H,2,10-13H2,1H3,(H,21,25). The third-order valence-electron chi connectivity index (χ3n) is 4.15. The molecule has 2 aromatic carbocycles. The second kappa shape index (κ2) is 8.41. The third kappa shape index (κ3) is 4.55. The summed E-state index contributed by atoms with van der Waals surface area (Å²) in [6, 6.07) is 15.8. The molecule has 1 heterocycles. The maximum Gasteiger partial charge on any atom is 0.173 e. The number of hydrogen-bond acceptors (Lipinski definition) is 3. The highest BCUT2D eigenvalue weighted by Crippen LogP contribution is 2.29. The molecule has 0 bridgehead atoms. The Labute approximate surface area is 159 Å². The van der Waals surface area contributed by atoms with E-state index in [0.717, 1.165) is 48.4 Å². The minimum absolute atomic E-state index is 0.671. The summed E-state index contributed by atoms with van der Waals surface area (Å²) < 4.78 is 5.75. The largest absolute Gasteiger partial charge is 0.492 e. The van der Waals surface area contributed by atoms with Crippen molar-refractivity contribution in [2.45, 2.75) is 6.92 Å². The van der Waals surface area contributed by atoms with E-state index in [4.69, 9.17) is 28.6 Å². The number of halogens is 1. The van der Waals surface area contributed by atoms with Gasteiger partial charge in [-0.25, -0.2) is 0 Å². The molecule has 0 amide bonds. The van der Waals surface area contributed by atoms with Gasteiger partial charge in [-0.1, -0.05) is 29.8 Å². The smallest absolute Gasteiger partial charge is 0.173 e. The van der Waals surface area contributed by atoms with Gasteiger partial charge < -0.3 is 19.9 Å². The number of hydrogen-bond donors (Lipinski definition) is 1. The molecule has 0 unspecified atom stereocenters. The van der Waals surface area contributed by atoms with Crippen molar-refractivity contribution in [3.63, 3.8) is 0 Å². The number of ether oxygens (including phenoxy) is 1. The predicted molar refractivity (Wildman–Crippen MR) is 109 cm³/mol. The molecule has 1 fully saturated rings. The number of rotatable bonds is 4. The first-order chi connectivity index (χ1) is 12.2. The van der Waals surface area contributed by atoms with Crippen LogP contribution in [0.2, 0.25) is 5.02 Å². The lowest BCUT2D eigenvalue weighted by atomic mass is 10.2. The average molecular weight is 376 g/mol. The maximum absolute atomic E-state index is 6.03. The highest BCUT2D eigenvalue weighted by molar-refractivity contribution is 7.80. The number of benzene rings is 2. The van der Waals surface area contributed by atoms with Crippen molar-refractivity contribution >= 4 is 40.3 Å². The fourth-order valence-corrected chi connectivity index (χ4v) is 3.41. The molecule has 2 aromatic rings. The Morgan fingerprint density at radius 1 is 1.12 bits per heavy atom. The Morgan fingerprint density at radius 2 is 1.88 bits per heavy atom. The molecule has 132 valence electrons. The first-order valence-electron chi connectivity index (χ1n) is 8.45. The van der Waals surface area contributed by atoms with Crippen molar-refractivity contribution in [3.05, 3.63) is 53.6 Å². The molecule has 25 heavy (non-hydrogen) atoms. The first-order valence-corrected chi connectivity index (χ1v) is 9.24. The van der Waals surface area contributed by atoms with E-state index in [1.807, 2.05) is 43.3 Å². The Morgan fingerprint density at radius 3 is 2.60 bits per heavy atom. The first kappa shape index (κ1) is 17.8. The van der Waals surface area contributed by atoms with Gasteiger partial charge in [0, 0.05) is 36.9 Å².